The first-order valence-corrected chi connectivity index (χ1v) is 18.0. The number of aryl methyl sites for hydroxylation is 2. The summed E-state index contributed by atoms with van der Waals surface area (Å²) < 4.78 is 12.8. The van der Waals surface area contributed by atoms with Crippen LogP contribution in [0.15, 0.2) is 116 Å². The summed E-state index contributed by atoms with van der Waals surface area (Å²) in [5, 5.41) is 9.14. The molecule has 53 heavy (non-hydrogen) atoms. The SMILES string of the molecule is Cc1cc(C(C)C)cc2c3cc(C(C)C)cc(C)c3n(-c3ccnc(-n4c5[c-]c(Oc6[c-]c(-n7cccn7)ccc6)ccc5c5ccccc54)c3)c12.[Pt+2]. The topological polar surface area (TPSA) is 49.8 Å². The molecular formula is C46H39N5OPt. The number of aromatic nitrogens is 5. The molecule has 9 rings (SSSR count). The van der Waals surface area contributed by atoms with Gasteiger partial charge in [0.05, 0.1) is 16.7 Å². The Hall–Kier alpha value is -5.45. The Labute approximate surface area is 323 Å². The van der Waals surface area contributed by atoms with Gasteiger partial charge in [-0.15, -0.1) is 35.7 Å². The van der Waals surface area contributed by atoms with Gasteiger partial charge in [0.1, 0.15) is 5.82 Å². The first-order valence-electron chi connectivity index (χ1n) is 18.0. The fourth-order valence-corrected chi connectivity index (χ4v) is 7.66. The van der Waals surface area contributed by atoms with Crippen LogP contribution < -0.4 is 4.74 Å². The zero-order valence-corrected chi connectivity index (χ0v) is 32.9. The van der Waals surface area contributed by atoms with Crippen molar-refractivity contribution in [2.75, 3.05) is 0 Å². The average Bonchev–Trinajstić information content (AvgIpc) is 3.88. The Morgan fingerprint density at radius 3 is 2.00 bits per heavy atom. The van der Waals surface area contributed by atoms with Crippen LogP contribution in [0.1, 0.15) is 61.8 Å². The van der Waals surface area contributed by atoms with E-state index in [-0.39, 0.29) is 21.1 Å². The number of benzene rings is 5. The van der Waals surface area contributed by atoms with E-state index in [4.69, 9.17) is 9.72 Å². The van der Waals surface area contributed by atoms with Gasteiger partial charge in [0, 0.05) is 52.4 Å². The largest absolute Gasteiger partial charge is 2.00 e. The van der Waals surface area contributed by atoms with E-state index < -0.39 is 0 Å². The molecule has 7 heteroatoms. The average molecular weight is 873 g/mol. The summed E-state index contributed by atoms with van der Waals surface area (Å²) in [7, 11) is 0. The van der Waals surface area contributed by atoms with Crippen molar-refractivity contribution in [3.05, 3.63) is 150 Å². The van der Waals surface area contributed by atoms with Crippen LogP contribution in [0, 0.1) is 26.0 Å². The number of fused-ring (bicyclic) bond motifs is 6. The first-order chi connectivity index (χ1) is 25.2. The van der Waals surface area contributed by atoms with E-state index in [9.17, 15) is 0 Å². The molecule has 4 heterocycles. The van der Waals surface area contributed by atoms with Gasteiger partial charge < -0.3 is 13.9 Å². The van der Waals surface area contributed by atoms with E-state index in [1.807, 2.05) is 42.7 Å². The molecule has 0 saturated heterocycles. The van der Waals surface area contributed by atoms with E-state index in [2.05, 4.69) is 135 Å². The standard InChI is InChI=1S/C46H39N5O.Pt/c1-28(2)32-21-30(5)45-40(23-32)41-24-33(29(3)4)22-31(6)46(41)50(45)35-17-19-47-44(26-35)51-42-14-8-7-13-38(42)39-16-15-37(27-43(39)51)52-36-12-9-11-34(25-36)49-20-10-18-48-49;/h7-24,26,28-29H,1-6H3;/q-2;+2. The number of para-hydroxylation sites is 1. The molecule has 0 amide bonds. The van der Waals surface area contributed by atoms with Crippen molar-refractivity contribution in [1.82, 2.24) is 23.9 Å². The Morgan fingerprint density at radius 2 is 1.32 bits per heavy atom. The van der Waals surface area contributed by atoms with Crippen LogP contribution in [0.4, 0.5) is 0 Å². The third-order valence-corrected chi connectivity index (χ3v) is 10.2. The summed E-state index contributed by atoms with van der Waals surface area (Å²) in [6.07, 6.45) is 5.56. The number of nitrogens with zero attached hydrogens (tertiary/aromatic N) is 5. The fourth-order valence-electron chi connectivity index (χ4n) is 7.66. The molecule has 0 aliphatic rings. The van der Waals surface area contributed by atoms with Crippen molar-refractivity contribution < 1.29 is 25.8 Å². The Balaban J connectivity index is 0.00000400. The molecular weight excluding hydrogens is 834 g/mol. The second-order valence-corrected chi connectivity index (χ2v) is 14.4. The molecule has 9 aromatic rings. The maximum atomic E-state index is 6.38. The van der Waals surface area contributed by atoms with Gasteiger partial charge in [0.2, 0.25) is 0 Å². The van der Waals surface area contributed by atoms with E-state index in [1.165, 1.54) is 44.1 Å². The van der Waals surface area contributed by atoms with Gasteiger partial charge in [0.15, 0.2) is 0 Å². The molecule has 5 aromatic carbocycles. The fraction of sp³-hybridized carbons (Fsp3) is 0.174. The molecule has 0 unspecified atom stereocenters. The first kappa shape index (κ1) is 34.6. The monoisotopic (exact) mass is 872 g/mol. The van der Waals surface area contributed by atoms with E-state index in [1.54, 1.807) is 10.9 Å². The van der Waals surface area contributed by atoms with Crippen LogP contribution in [-0.2, 0) is 21.1 Å². The van der Waals surface area contributed by atoms with Gasteiger partial charge >= 0.3 is 21.1 Å². The molecule has 0 N–H and O–H groups in total. The number of pyridine rings is 1. The summed E-state index contributed by atoms with van der Waals surface area (Å²) >= 11 is 0. The molecule has 0 aliphatic heterocycles. The summed E-state index contributed by atoms with van der Waals surface area (Å²) in [4.78, 5) is 5.00. The smallest absolute Gasteiger partial charge is 0.509 e. The molecule has 0 radical (unpaired) electrons. The quantitative estimate of drug-likeness (QED) is 0.150. The van der Waals surface area contributed by atoms with Gasteiger partial charge in [-0.1, -0.05) is 63.5 Å². The van der Waals surface area contributed by atoms with Crippen molar-refractivity contribution in [3.8, 4) is 28.7 Å². The summed E-state index contributed by atoms with van der Waals surface area (Å²) in [5.74, 6) is 2.86. The van der Waals surface area contributed by atoms with Crippen molar-refractivity contribution in [3.63, 3.8) is 0 Å². The molecule has 0 atom stereocenters. The second-order valence-electron chi connectivity index (χ2n) is 14.4. The zero-order chi connectivity index (χ0) is 35.7. The normalized spacial score (nSPS) is 11.8. The van der Waals surface area contributed by atoms with Crippen LogP contribution >= 0.6 is 0 Å². The van der Waals surface area contributed by atoms with Crippen molar-refractivity contribution >= 4 is 43.6 Å². The van der Waals surface area contributed by atoms with Gasteiger partial charge in [0.25, 0.3) is 0 Å². The summed E-state index contributed by atoms with van der Waals surface area (Å²) in [6, 6.07) is 41.0. The van der Waals surface area contributed by atoms with Gasteiger partial charge in [-0.05, 0) is 89.3 Å². The molecule has 264 valence electrons. The van der Waals surface area contributed by atoms with Crippen LogP contribution in [0.2, 0.25) is 0 Å². The van der Waals surface area contributed by atoms with E-state index in [0.717, 1.165) is 39.0 Å². The van der Waals surface area contributed by atoms with Crippen molar-refractivity contribution in [2.24, 2.45) is 0 Å². The molecule has 4 aromatic heterocycles. The zero-order valence-electron chi connectivity index (χ0n) is 30.6. The summed E-state index contributed by atoms with van der Waals surface area (Å²) in [5.41, 5.74) is 11.5. The third-order valence-electron chi connectivity index (χ3n) is 10.2. The number of rotatable bonds is 7. The molecule has 0 spiro atoms. The number of hydrogen-bond acceptors (Lipinski definition) is 3. The predicted molar refractivity (Wildman–Crippen MR) is 212 cm³/mol. The van der Waals surface area contributed by atoms with Gasteiger partial charge in [-0.2, -0.15) is 17.2 Å². The maximum Gasteiger partial charge on any atom is 2.00 e. The Bertz CT molecular complexity index is 2740. The van der Waals surface area contributed by atoms with Crippen molar-refractivity contribution in [2.45, 2.75) is 53.4 Å². The minimum Gasteiger partial charge on any atom is -0.509 e. The number of ether oxygens (including phenoxy) is 1. The van der Waals surface area contributed by atoms with Gasteiger partial charge in [-0.25, -0.2) is 4.98 Å². The van der Waals surface area contributed by atoms with E-state index >= 15 is 0 Å². The molecule has 0 fully saturated rings. The Morgan fingerprint density at radius 1 is 0.623 bits per heavy atom. The molecule has 0 aliphatic carbocycles. The molecule has 0 bridgehead atoms. The predicted octanol–water partition coefficient (Wildman–Crippen LogP) is 11.7. The van der Waals surface area contributed by atoms with Crippen molar-refractivity contribution in [1.29, 1.82) is 0 Å². The van der Waals surface area contributed by atoms with Crippen LogP contribution in [0.5, 0.6) is 11.5 Å². The van der Waals surface area contributed by atoms with Gasteiger partial charge in [-0.3, -0.25) is 4.68 Å². The van der Waals surface area contributed by atoms with E-state index in [0.29, 0.717) is 23.3 Å². The number of hydrogen-bond donors (Lipinski definition) is 0. The van der Waals surface area contributed by atoms with Crippen LogP contribution in [0.3, 0.4) is 0 Å². The maximum absolute atomic E-state index is 6.38. The Kier molecular flexibility index (Phi) is 8.83. The third kappa shape index (κ3) is 5.86. The minimum absolute atomic E-state index is 0. The van der Waals surface area contributed by atoms with Crippen LogP contribution in [0.25, 0.3) is 60.8 Å². The minimum atomic E-state index is 0. The second kappa shape index (κ2) is 13.5. The molecule has 6 nitrogen and oxygen atoms in total. The summed E-state index contributed by atoms with van der Waals surface area (Å²) in [6.45, 7) is 13.6. The molecule has 0 saturated carbocycles. The van der Waals surface area contributed by atoms with Crippen LogP contribution in [-0.4, -0.2) is 23.9 Å².